The summed E-state index contributed by atoms with van der Waals surface area (Å²) in [5.41, 5.74) is 0. The summed E-state index contributed by atoms with van der Waals surface area (Å²) < 4.78 is 1.79. The standard InChI is InChI=1S/C4H5N.W/c1-3-4-5-2;/h2-4H,1H2;. The van der Waals surface area contributed by atoms with Gasteiger partial charge in [0.1, 0.15) is 0 Å². The SMILES string of the molecule is C=CC=N[CH]=[W]. The molecule has 0 aromatic carbocycles. The van der Waals surface area contributed by atoms with Crippen molar-refractivity contribution in [1.82, 2.24) is 0 Å². The molecule has 0 radical (unpaired) electrons. The first-order chi connectivity index (χ1) is 2.91. The molecule has 32 valence electrons. The van der Waals surface area contributed by atoms with Crippen LogP contribution in [0.3, 0.4) is 0 Å². The minimum atomic E-state index is 1.36. The fourth-order valence-corrected chi connectivity index (χ4v) is 0.348. The van der Waals surface area contributed by atoms with Gasteiger partial charge in [0.25, 0.3) is 0 Å². The number of hydrogen-bond donors (Lipinski definition) is 0. The molecule has 0 N–H and O–H groups in total. The maximum absolute atomic E-state index is 3.76. The normalized spacial score (nSPS) is 8.67. The third-order valence-corrected chi connectivity index (χ3v) is 0.690. The second-order valence-corrected chi connectivity index (χ2v) is 1.40. The predicted molar refractivity (Wildman–Crippen MR) is 24.8 cm³/mol. The molecule has 0 aliphatic heterocycles. The van der Waals surface area contributed by atoms with E-state index in [9.17, 15) is 0 Å². The molecule has 0 saturated carbocycles. The van der Waals surface area contributed by atoms with E-state index < -0.39 is 0 Å². The molecule has 0 aliphatic rings. The number of nitrogens with zero attached hydrogens (tertiary/aromatic N) is 1. The van der Waals surface area contributed by atoms with Gasteiger partial charge in [0.05, 0.1) is 0 Å². The van der Waals surface area contributed by atoms with Gasteiger partial charge in [-0.2, -0.15) is 0 Å². The van der Waals surface area contributed by atoms with E-state index in [4.69, 9.17) is 0 Å². The summed E-state index contributed by atoms with van der Waals surface area (Å²) in [5, 5.41) is 0. The van der Waals surface area contributed by atoms with E-state index in [0.29, 0.717) is 0 Å². The third-order valence-electron chi connectivity index (χ3n) is 0.252. The average Bonchev–Trinajstić information content (AvgIpc) is 1.61. The Bertz CT molecular complexity index is 65.6. The van der Waals surface area contributed by atoms with Gasteiger partial charge in [0.15, 0.2) is 0 Å². The summed E-state index contributed by atoms with van der Waals surface area (Å²) in [6.07, 6.45) is 3.31. The van der Waals surface area contributed by atoms with Crippen LogP contribution >= 0.6 is 0 Å². The molecule has 0 unspecified atom stereocenters. The van der Waals surface area contributed by atoms with Gasteiger partial charge in [-0.3, -0.25) is 0 Å². The van der Waals surface area contributed by atoms with Crippen LogP contribution in [0.4, 0.5) is 0 Å². The van der Waals surface area contributed by atoms with Crippen LogP contribution in [0.2, 0.25) is 0 Å². The van der Waals surface area contributed by atoms with E-state index in [2.05, 4.69) is 11.6 Å². The van der Waals surface area contributed by atoms with Gasteiger partial charge in [0, 0.05) is 0 Å². The van der Waals surface area contributed by atoms with E-state index in [-0.39, 0.29) is 0 Å². The zero-order chi connectivity index (χ0) is 4.83. The van der Waals surface area contributed by atoms with Gasteiger partial charge in [0.2, 0.25) is 0 Å². The zero-order valence-electron chi connectivity index (χ0n) is 3.29. The summed E-state index contributed by atoms with van der Waals surface area (Å²) in [4.78, 5) is 3.76. The van der Waals surface area contributed by atoms with Crippen molar-refractivity contribution in [2.24, 2.45) is 4.99 Å². The summed E-state index contributed by atoms with van der Waals surface area (Å²) in [5.74, 6) is 0. The van der Waals surface area contributed by atoms with Gasteiger partial charge in [-0.15, -0.1) is 0 Å². The Kier molecular flexibility index (Phi) is 4.94. The van der Waals surface area contributed by atoms with Crippen molar-refractivity contribution in [3.8, 4) is 0 Å². The molecule has 0 spiro atoms. The summed E-state index contributed by atoms with van der Waals surface area (Å²) >= 11 is 1.36. The Hall–Kier alpha value is -0.0317. The van der Waals surface area contributed by atoms with Crippen molar-refractivity contribution in [3.63, 3.8) is 0 Å². The van der Waals surface area contributed by atoms with Gasteiger partial charge in [-0.1, -0.05) is 0 Å². The quantitative estimate of drug-likeness (QED) is 0.635. The van der Waals surface area contributed by atoms with Crippen molar-refractivity contribution in [2.45, 2.75) is 0 Å². The van der Waals surface area contributed by atoms with Gasteiger partial charge in [-0.25, -0.2) is 0 Å². The predicted octanol–water partition coefficient (Wildman–Crippen LogP) is 0.550. The fourth-order valence-electron chi connectivity index (χ4n) is 0.0960. The Morgan fingerprint density at radius 1 is 1.67 bits per heavy atom. The first-order valence-corrected chi connectivity index (χ1v) is 3.19. The molecule has 0 amide bonds. The number of aliphatic imine (C=N–C) groups is 1. The molecular formula is C4H5NW. The number of hydrogen-bond acceptors (Lipinski definition) is 1. The Labute approximate surface area is 48.2 Å². The van der Waals surface area contributed by atoms with Gasteiger partial charge >= 0.3 is 47.7 Å². The molecule has 0 fully saturated rings. The van der Waals surface area contributed by atoms with E-state index in [1.165, 1.54) is 19.4 Å². The Morgan fingerprint density at radius 2 is 2.33 bits per heavy atom. The van der Waals surface area contributed by atoms with Crippen LogP contribution in [-0.4, -0.2) is 10.7 Å². The van der Waals surface area contributed by atoms with Crippen LogP contribution in [0, 0.1) is 0 Å². The molecule has 1 nitrogen and oxygen atoms in total. The molecule has 0 aromatic rings. The topological polar surface area (TPSA) is 12.4 Å². The molecule has 6 heavy (non-hydrogen) atoms. The fraction of sp³-hybridized carbons (Fsp3) is 0. The maximum atomic E-state index is 3.76. The molecule has 0 saturated heterocycles. The van der Waals surface area contributed by atoms with E-state index in [1.807, 2.05) is 0 Å². The van der Waals surface area contributed by atoms with Crippen LogP contribution in [0.5, 0.6) is 0 Å². The second kappa shape index (κ2) is 4.97. The zero-order valence-corrected chi connectivity index (χ0v) is 6.23. The first kappa shape index (κ1) is 5.97. The van der Waals surface area contributed by atoms with Crippen molar-refractivity contribution < 1.29 is 19.4 Å². The molecule has 0 aromatic heterocycles. The third kappa shape index (κ3) is 3.97. The summed E-state index contributed by atoms with van der Waals surface area (Å²) in [6.45, 7) is 3.44. The van der Waals surface area contributed by atoms with Crippen LogP contribution in [0.25, 0.3) is 0 Å². The molecule has 0 bridgehead atoms. The van der Waals surface area contributed by atoms with Crippen molar-refractivity contribution >= 4 is 10.7 Å². The number of allylic oxidation sites excluding steroid dienone is 1. The van der Waals surface area contributed by atoms with Gasteiger partial charge < -0.3 is 0 Å². The van der Waals surface area contributed by atoms with Crippen molar-refractivity contribution in [3.05, 3.63) is 12.7 Å². The summed E-state index contributed by atoms with van der Waals surface area (Å²) in [6, 6.07) is 0. The van der Waals surface area contributed by atoms with Crippen LogP contribution < -0.4 is 0 Å². The monoisotopic (exact) mass is 251 g/mol. The van der Waals surface area contributed by atoms with Gasteiger partial charge in [-0.05, 0) is 0 Å². The molecule has 0 rings (SSSR count). The first-order valence-electron chi connectivity index (χ1n) is 1.49. The van der Waals surface area contributed by atoms with Crippen molar-refractivity contribution in [1.29, 1.82) is 0 Å². The summed E-state index contributed by atoms with van der Waals surface area (Å²) in [7, 11) is 0. The Balaban J connectivity index is 3.17. The Morgan fingerprint density at radius 3 is 2.50 bits per heavy atom. The molecule has 0 aliphatic carbocycles. The molecule has 0 heterocycles. The van der Waals surface area contributed by atoms with Crippen LogP contribution in [-0.2, 0) is 19.4 Å². The van der Waals surface area contributed by atoms with Crippen LogP contribution in [0.15, 0.2) is 17.6 Å². The second-order valence-electron chi connectivity index (χ2n) is 0.639. The van der Waals surface area contributed by atoms with E-state index in [0.717, 1.165) is 0 Å². The van der Waals surface area contributed by atoms with Crippen molar-refractivity contribution in [2.75, 3.05) is 0 Å². The molecular weight excluding hydrogens is 246 g/mol. The van der Waals surface area contributed by atoms with E-state index >= 15 is 0 Å². The average molecular weight is 251 g/mol. The molecule has 2 heteroatoms. The molecule has 0 atom stereocenters. The van der Waals surface area contributed by atoms with E-state index in [1.54, 1.807) is 16.8 Å². The van der Waals surface area contributed by atoms with Crippen LogP contribution in [0.1, 0.15) is 0 Å². The number of rotatable bonds is 2. The minimum absolute atomic E-state index is 1.36.